The minimum atomic E-state index is -0.307. The topological polar surface area (TPSA) is 71.2 Å². The molecule has 0 aliphatic rings. The van der Waals surface area contributed by atoms with Gasteiger partial charge in [0.1, 0.15) is 5.75 Å². The van der Waals surface area contributed by atoms with E-state index in [9.17, 15) is 9.59 Å². The lowest BCUT2D eigenvalue weighted by Crippen LogP contribution is -2.30. The quantitative estimate of drug-likeness (QED) is 0.737. The number of aromatic nitrogens is 1. The van der Waals surface area contributed by atoms with Gasteiger partial charge in [-0.3, -0.25) is 9.59 Å². The predicted octanol–water partition coefficient (Wildman–Crippen LogP) is 3.19. The van der Waals surface area contributed by atoms with Crippen LogP contribution in [-0.2, 0) is 11.3 Å². The Morgan fingerprint density at radius 1 is 1.16 bits per heavy atom. The Balaban J connectivity index is 1.61. The van der Waals surface area contributed by atoms with E-state index in [2.05, 4.69) is 10.3 Å². The SMILES string of the molecule is Cc1ccc2[nH]c(=O)c(CNC(=O)COc3ccc(Cl)cc3)cc2c1. The molecule has 0 saturated heterocycles. The van der Waals surface area contributed by atoms with E-state index in [1.54, 1.807) is 30.3 Å². The van der Waals surface area contributed by atoms with Gasteiger partial charge in [-0.05, 0) is 54.8 Å². The van der Waals surface area contributed by atoms with E-state index in [0.29, 0.717) is 16.3 Å². The predicted molar refractivity (Wildman–Crippen MR) is 98.1 cm³/mol. The van der Waals surface area contributed by atoms with Crippen molar-refractivity contribution >= 4 is 28.4 Å². The molecule has 128 valence electrons. The monoisotopic (exact) mass is 356 g/mol. The fourth-order valence-corrected chi connectivity index (χ4v) is 2.55. The van der Waals surface area contributed by atoms with E-state index in [1.807, 2.05) is 25.1 Å². The molecule has 0 atom stereocenters. The average Bonchev–Trinajstić information content (AvgIpc) is 2.60. The fourth-order valence-electron chi connectivity index (χ4n) is 2.43. The molecule has 0 unspecified atom stereocenters. The molecule has 3 aromatic rings. The Morgan fingerprint density at radius 3 is 2.68 bits per heavy atom. The van der Waals surface area contributed by atoms with Gasteiger partial charge in [-0.1, -0.05) is 23.2 Å². The number of hydrogen-bond donors (Lipinski definition) is 2. The van der Waals surface area contributed by atoms with Gasteiger partial charge in [-0.25, -0.2) is 0 Å². The molecule has 1 amide bonds. The third-order valence-electron chi connectivity index (χ3n) is 3.74. The number of aromatic amines is 1. The number of carbonyl (C=O) groups excluding carboxylic acids is 1. The first-order chi connectivity index (χ1) is 12.0. The number of ether oxygens (including phenoxy) is 1. The second kappa shape index (κ2) is 7.40. The van der Waals surface area contributed by atoms with Gasteiger partial charge in [0.2, 0.25) is 0 Å². The first-order valence-corrected chi connectivity index (χ1v) is 8.17. The van der Waals surface area contributed by atoms with Crippen LogP contribution in [0.15, 0.2) is 53.3 Å². The van der Waals surface area contributed by atoms with E-state index in [1.165, 1.54) is 0 Å². The Hall–Kier alpha value is -2.79. The van der Waals surface area contributed by atoms with Crippen LogP contribution in [0.4, 0.5) is 0 Å². The van der Waals surface area contributed by atoms with Crippen molar-refractivity contribution in [2.24, 2.45) is 0 Å². The summed E-state index contributed by atoms with van der Waals surface area (Å²) in [5, 5.41) is 4.22. The van der Waals surface area contributed by atoms with Crippen LogP contribution in [0, 0.1) is 6.92 Å². The molecule has 0 spiro atoms. The van der Waals surface area contributed by atoms with Crippen molar-refractivity contribution < 1.29 is 9.53 Å². The molecule has 3 rings (SSSR count). The lowest BCUT2D eigenvalue weighted by molar-refractivity contribution is -0.123. The van der Waals surface area contributed by atoms with Crippen LogP contribution in [0.1, 0.15) is 11.1 Å². The van der Waals surface area contributed by atoms with Crippen molar-refractivity contribution in [3.8, 4) is 5.75 Å². The van der Waals surface area contributed by atoms with Gasteiger partial charge < -0.3 is 15.0 Å². The van der Waals surface area contributed by atoms with Crippen LogP contribution in [0.3, 0.4) is 0 Å². The lowest BCUT2D eigenvalue weighted by atomic mass is 10.1. The number of carbonyl (C=O) groups is 1. The number of benzene rings is 2. The molecule has 5 nitrogen and oxygen atoms in total. The van der Waals surface area contributed by atoms with Crippen LogP contribution in [0.25, 0.3) is 10.9 Å². The average molecular weight is 357 g/mol. The summed E-state index contributed by atoms with van der Waals surface area (Å²) in [5.41, 5.74) is 2.16. The molecule has 0 radical (unpaired) electrons. The third kappa shape index (κ3) is 4.39. The largest absolute Gasteiger partial charge is 0.484 e. The lowest BCUT2D eigenvalue weighted by Gasteiger charge is -2.08. The van der Waals surface area contributed by atoms with Gasteiger partial charge >= 0.3 is 0 Å². The van der Waals surface area contributed by atoms with Gasteiger partial charge in [-0.2, -0.15) is 0 Å². The smallest absolute Gasteiger partial charge is 0.258 e. The zero-order chi connectivity index (χ0) is 17.8. The summed E-state index contributed by atoms with van der Waals surface area (Å²) in [6, 6.07) is 14.3. The van der Waals surface area contributed by atoms with E-state index in [-0.39, 0.29) is 24.6 Å². The number of rotatable bonds is 5. The van der Waals surface area contributed by atoms with E-state index in [0.717, 1.165) is 16.5 Å². The highest BCUT2D eigenvalue weighted by atomic mass is 35.5. The molecule has 6 heteroatoms. The Bertz CT molecular complexity index is 965. The number of amides is 1. The van der Waals surface area contributed by atoms with Crippen LogP contribution >= 0.6 is 11.6 Å². The zero-order valence-electron chi connectivity index (χ0n) is 13.6. The first kappa shape index (κ1) is 17.0. The third-order valence-corrected chi connectivity index (χ3v) is 3.99. The number of pyridine rings is 1. The van der Waals surface area contributed by atoms with Crippen LogP contribution in [0.2, 0.25) is 5.02 Å². The van der Waals surface area contributed by atoms with Gasteiger partial charge in [-0.15, -0.1) is 0 Å². The molecule has 1 aromatic heterocycles. The van der Waals surface area contributed by atoms with Crippen molar-refractivity contribution in [3.63, 3.8) is 0 Å². The summed E-state index contributed by atoms with van der Waals surface area (Å²) in [6.45, 7) is 1.99. The number of aryl methyl sites for hydroxylation is 1. The maximum absolute atomic E-state index is 12.1. The van der Waals surface area contributed by atoms with Crippen LogP contribution < -0.4 is 15.6 Å². The van der Waals surface area contributed by atoms with Crippen LogP contribution in [0.5, 0.6) is 5.75 Å². The first-order valence-electron chi connectivity index (χ1n) is 7.79. The van der Waals surface area contributed by atoms with E-state index < -0.39 is 0 Å². The van der Waals surface area contributed by atoms with Crippen LogP contribution in [-0.4, -0.2) is 17.5 Å². The molecule has 2 aromatic carbocycles. The highest BCUT2D eigenvalue weighted by Crippen LogP contribution is 2.15. The minimum absolute atomic E-state index is 0.133. The molecular formula is C19H17ClN2O3. The highest BCUT2D eigenvalue weighted by Gasteiger charge is 2.07. The molecule has 0 saturated carbocycles. The number of halogens is 1. The van der Waals surface area contributed by atoms with Crippen molar-refractivity contribution in [1.29, 1.82) is 0 Å². The molecule has 0 aliphatic heterocycles. The molecule has 0 bridgehead atoms. The molecule has 1 heterocycles. The maximum Gasteiger partial charge on any atom is 0.258 e. The van der Waals surface area contributed by atoms with Crippen molar-refractivity contribution in [1.82, 2.24) is 10.3 Å². The van der Waals surface area contributed by atoms with E-state index >= 15 is 0 Å². The molecule has 2 N–H and O–H groups in total. The molecule has 0 fully saturated rings. The van der Waals surface area contributed by atoms with Crippen molar-refractivity contribution in [2.75, 3.05) is 6.61 Å². The van der Waals surface area contributed by atoms with Gasteiger partial charge in [0.05, 0.1) is 0 Å². The zero-order valence-corrected chi connectivity index (χ0v) is 14.4. The normalized spacial score (nSPS) is 10.6. The fraction of sp³-hybridized carbons (Fsp3) is 0.158. The summed E-state index contributed by atoms with van der Waals surface area (Å²) in [7, 11) is 0. The number of nitrogens with one attached hydrogen (secondary N) is 2. The molecule has 25 heavy (non-hydrogen) atoms. The minimum Gasteiger partial charge on any atom is -0.484 e. The summed E-state index contributed by atoms with van der Waals surface area (Å²) < 4.78 is 5.37. The summed E-state index contributed by atoms with van der Waals surface area (Å²) in [6.07, 6.45) is 0. The van der Waals surface area contributed by atoms with E-state index in [4.69, 9.17) is 16.3 Å². The van der Waals surface area contributed by atoms with Gasteiger partial charge in [0.25, 0.3) is 11.5 Å². The Kier molecular flexibility index (Phi) is 5.05. The maximum atomic E-state index is 12.1. The Morgan fingerprint density at radius 2 is 1.92 bits per heavy atom. The standard InChI is InChI=1S/C19H17ClN2O3/c1-12-2-7-17-13(8-12)9-14(19(24)22-17)10-21-18(23)11-25-16-5-3-15(20)4-6-16/h2-9H,10-11H2,1H3,(H,21,23)(H,22,24). The van der Waals surface area contributed by atoms with Crippen molar-refractivity contribution in [2.45, 2.75) is 13.5 Å². The second-order valence-corrected chi connectivity index (χ2v) is 6.17. The summed E-state index contributed by atoms with van der Waals surface area (Å²) >= 11 is 5.79. The summed E-state index contributed by atoms with van der Waals surface area (Å²) in [5.74, 6) is 0.247. The number of hydrogen-bond acceptors (Lipinski definition) is 3. The molecule has 0 aliphatic carbocycles. The molecular weight excluding hydrogens is 340 g/mol. The Labute approximate surface area is 149 Å². The number of H-pyrrole nitrogens is 1. The van der Waals surface area contributed by atoms with Gasteiger partial charge in [0, 0.05) is 22.6 Å². The highest BCUT2D eigenvalue weighted by molar-refractivity contribution is 6.30. The second-order valence-electron chi connectivity index (χ2n) is 5.73. The van der Waals surface area contributed by atoms with Gasteiger partial charge in [0.15, 0.2) is 6.61 Å². The number of fused-ring (bicyclic) bond motifs is 1. The van der Waals surface area contributed by atoms with Crippen molar-refractivity contribution in [3.05, 3.63) is 75.0 Å². The summed E-state index contributed by atoms with van der Waals surface area (Å²) in [4.78, 5) is 26.8.